The summed E-state index contributed by atoms with van der Waals surface area (Å²) in [6.45, 7) is 7.03. The van der Waals surface area contributed by atoms with E-state index in [-0.39, 0.29) is 16.8 Å². The highest BCUT2D eigenvalue weighted by Gasteiger charge is 2.21. The van der Waals surface area contributed by atoms with Crippen LogP contribution in [0.5, 0.6) is 0 Å². The van der Waals surface area contributed by atoms with Gasteiger partial charge in [-0.25, -0.2) is 13.1 Å². The molecule has 1 N–H and O–H groups in total. The monoisotopic (exact) mass is 353 g/mol. The molecule has 1 saturated heterocycles. The zero-order valence-corrected chi connectivity index (χ0v) is 15.5. The largest absolute Gasteiger partial charge is 0.337 e. The molecule has 1 aromatic carbocycles. The normalized spacial score (nSPS) is 18.2. The molecule has 0 aliphatic carbocycles. The van der Waals surface area contributed by atoms with Crippen molar-refractivity contribution in [3.8, 4) is 0 Å². The van der Waals surface area contributed by atoms with Crippen molar-refractivity contribution in [1.82, 2.24) is 14.5 Å². The summed E-state index contributed by atoms with van der Waals surface area (Å²) in [4.78, 5) is 16.8. The summed E-state index contributed by atoms with van der Waals surface area (Å²) in [6.07, 6.45) is 1.67. The van der Waals surface area contributed by atoms with Gasteiger partial charge in [-0.2, -0.15) is 0 Å². The molecule has 1 fully saturated rings. The maximum absolute atomic E-state index is 12.6. The van der Waals surface area contributed by atoms with Gasteiger partial charge in [0.2, 0.25) is 10.0 Å². The number of likely N-dealkylation sites (N-methyl/N-ethyl adjacent to an activating group) is 1. The number of amides is 1. The number of nitrogens with zero attached hydrogens (tertiary/aromatic N) is 2. The highest BCUT2D eigenvalue weighted by atomic mass is 32.2. The Morgan fingerprint density at radius 2 is 1.83 bits per heavy atom. The first-order valence-corrected chi connectivity index (χ1v) is 9.92. The van der Waals surface area contributed by atoms with Crippen molar-refractivity contribution in [1.29, 1.82) is 0 Å². The van der Waals surface area contributed by atoms with E-state index in [1.165, 1.54) is 12.1 Å². The van der Waals surface area contributed by atoms with Gasteiger partial charge in [0.05, 0.1) is 4.90 Å². The standard InChI is InChI=1S/C17H27N3O3S/c1-4-14(2)18-24(22,23)16-8-6-15(7-9-16)17(21)20-11-5-10-19(3)12-13-20/h6-9,14,18H,4-5,10-13H2,1-3H3. The highest BCUT2D eigenvalue weighted by Crippen LogP contribution is 2.14. The van der Waals surface area contributed by atoms with Crippen molar-refractivity contribution in [2.24, 2.45) is 0 Å². The molecule has 0 radical (unpaired) electrons. The van der Waals surface area contributed by atoms with Crippen LogP contribution in [0.2, 0.25) is 0 Å². The second-order valence-electron chi connectivity index (χ2n) is 6.40. The van der Waals surface area contributed by atoms with Crippen molar-refractivity contribution in [3.63, 3.8) is 0 Å². The van der Waals surface area contributed by atoms with Crippen LogP contribution >= 0.6 is 0 Å². The Labute approximate surface area is 144 Å². The Morgan fingerprint density at radius 1 is 1.17 bits per heavy atom. The Morgan fingerprint density at radius 3 is 2.46 bits per heavy atom. The second-order valence-corrected chi connectivity index (χ2v) is 8.12. The number of benzene rings is 1. The van der Waals surface area contributed by atoms with Gasteiger partial charge in [-0.1, -0.05) is 6.92 Å². The van der Waals surface area contributed by atoms with E-state index in [0.29, 0.717) is 12.1 Å². The van der Waals surface area contributed by atoms with Crippen LogP contribution in [0, 0.1) is 0 Å². The average Bonchev–Trinajstić information content (AvgIpc) is 2.78. The lowest BCUT2D eigenvalue weighted by Crippen LogP contribution is -2.34. The highest BCUT2D eigenvalue weighted by molar-refractivity contribution is 7.89. The summed E-state index contributed by atoms with van der Waals surface area (Å²) in [5, 5.41) is 0. The van der Waals surface area contributed by atoms with Crippen LogP contribution in [-0.2, 0) is 10.0 Å². The molecule has 1 unspecified atom stereocenters. The molecule has 1 aliphatic rings. The number of rotatable bonds is 5. The molecule has 0 bridgehead atoms. The van der Waals surface area contributed by atoms with E-state index in [1.807, 2.05) is 18.7 Å². The van der Waals surface area contributed by atoms with Gasteiger partial charge >= 0.3 is 0 Å². The first-order chi connectivity index (χ1) is 11.3. The molecule has 1 amide bonds. The van der Waals surface area contributed by atoms with Crippen LogP contribution in [0.1, 0.15) is 37.0 Å². The van der Waals surface area contributed by atoms with Crippen molar-refractivity contribution < 1.29 is 13.2 Å². The van der Waals surface area contributed by atoms with E-state index in [2.05, 4.69) is 16.7 Å². The van der Waals surface area contributed by atoms with Gasteiger partial charge in [0.25, 0.3) is 5.91 Å². The van der Waals surface area contributed by atoms with E-state index in [4.69, 9.17) is 0 Å². The third-order valence-electron chi connectivity index (χ3n) is 4.39. The summed E-state index contributed by atoms with van der Waals surface area (Å²) in [6, 6.07) is 6.08. The maximum Gasteiger partial charge on any atom is 0.253 e. The summed E-state index contributed by atoms with van der Waals surface area (Å²) in [5.74, 6) is -0.0378. The lowest BCUT2D eigenvalue weighted by atomic mass is 10.2. The number of hydrogen-bond donors (Lipinski definition) is 1. The molecule has 0 spiro atoms. The Bertz CT molecular complexity index is 658. The molecule has 7 heteroatoms. The minimum Gasteiger partial charge on any atom is -0.337 e. The Hall–Kier alpha value is -1.44. The number of sulfonamides is 1. The van der Waals surface area contributed by atoms with Crippen LogP contribution in [0.3, 0.4) is 0 Å². The summed E-state index contributed by atoms with van der Waals surface area (Å²) in [5.41, 5.74) is 0.530. The summed E-state index contributed by atoms with van der Waals surface area (Å²) in [7, 11) is -1.48. The topological polar surface area (TPSA) is 69.7 Å². The summed E-state index contributed by atoms with van der Waals surface area (Å²) >= 11 is 0. The Kier molecular flexibility index (Phi) is 6.37. The number of nitrogens with one attached hydrogen (secondary N) is 1. The van der Waals surface area contributed by atoms with Gasteiger partial charge in [-0.15, -0.1) is 0 Å². The van der Waals surface area contributed by atoms with E-state index in [1.54, 1.807) is 12.1 Å². The van der Waals surface area contributed by atoms with Crippen LogP contribution in [0.4, 0.5) is 0 Å². The molecule has 1 atom stereocenters. The molecular weight excluding hydrogens is 326 g/mol. The molecule has 1 heterocycles. The number of hydrogen-bond acceptors (Lipinski definition) is 4. The molecule has 0 saturated carbocycles. The molecule has 1 aliphatic heterocycles. The smallest absolute Gasteiger partial charge is 0.253 e. The quantitative estimate of drug-likeness (QED) is 0.872. The van der Waals surface area contributed by atoms with Crippen LogP contribution in [0.15, 0.2) is 29.2 Å². The zero-order valence-electron chi connectivity index (χ0n) is 14.7. The minimum absolute atomic E-state index is 0.0378. The maximum atomic E-state index is 12.6. The molecule has 24 heavy (non-hydrogen) atoms. The van der Waals surface area contributed by atoms with E-state index >= 15 is 0 Å². The van der Waals surface area contributed by atoms with Crippen LogP contribution in [0.25, 0.3) is 0 Å². The minimum atomic E-state index is -3.53. The zero-order chi connectivity index (χ0) is 17.7. The van der Waals surface area contributed by atoms with Crippen molar-refractivity contribution in [2.75, 3.05) is 33.2 Å². The number of carbonyl (C=O) groups excluding carboxylic acids is 1. The van der Waals surface area contributed by atoms with Crippen molar-refractivity contribution >= 4 is 15.9 Å². The van der Waals surface area contributed by atoms with E-state index in [0.717, 1.165) is 32.5 Å². The van der Waals surface area contributed by atoms with Gasteiger partial charge in [0.1, 0.15) is 0 Å². The van der Waals surface area contributed by atoms with Crippen LogP contribution in [-0.4, -0.2) is 63.4 Å². The van der Waals surface area contributed by atoms with E-state index < -0.39 is 10.0 Å². The van der Waals surface area contributed by atoms with Crippen molar-refractivity contribution in [3.05, 3.63) is 29.8 Å². The fourth-order valence-corrected chi connectivity index (χ4v) is 3.95. The lowest BCUT2D eigenvalue weighted by Gasteiger charge is -2.20. The molecule has 1 aromatic rings. The third-order valence-corrected chi connectivity index (χ3v) is 5.99. The first kappa shape index (κ1) is 18.9. The number of carbonyl (C=O) groups is 1. The lowest BCUT2D eigenvalue weighted by molar-refractivity contribution is 0.0762. The predicted molar refractivity (Wildman–Crippen MR) is 94.5 cm³/mol. The van der Waals surface area contributed by atoms with Gasteiger partial charge in [0, 0.05) is 31.2 Å². The van der Waals surface area contributed by atoms with Gasteiger partial charge in [-0.05, 0) is 57.6 Å². The fourth-order valence-electron chi connectivity index (χ4n) is 2.63. The van der Waals surface area contributed by atoms with Gasteiger partial charge < -0.3 is 9.80 Å². The first-order valence-electron chi connectivity index (χ1n) is 8.43. The molecule has 2 rings (SSSR count). The fraction of sp³-hybridized carbons (Fsp3) is 0.588. The SMILES string of the molecule is CCC(C)NS(=O)(=O)c1ccc(C(=O)N2CCCN(C)CC2)cc1. The average molecular weight is 353 g/mol. The van der Waals surface area contributed by atoms with Gasteiger partial charge in [0.15, 0.2) is 0 Å². The second kappa shape index (κ2) is 8.09. The van der Waals surface area contributed by atoms with Gasteiger partial charge in [-0.3, -0.25) is 4.79 Å². The molecular formula is C17H27N3O3S. The molecule has 6 nitrogen and oxygen atoms in total. The Balaban J connectivity index is 2.09. The molecule has 0 aromatic heterocycles. The predicted octanol–water partition coefficient (Wildman–Crippen LogP) is 1.54. The van der Waals surface area contributed by atoms with E-state index in [9.17, 15) is 13.2 Å². The third kappa shape index (κ3) is 4.78. The van der Waals surface area contributed by atoms with Crippen LogP contribution < -0.4 is 4.72 Å². The van der Waals surface area contributed by atoms with Crippen molar-refractivity contribution in [2.45, 2.75) is 37.6 Å². The summed E-state index contributed by atoms with van der Waals surface area (Å²) < 4.78 is 27.1. The molecule has 134 valence electrons.